The molecule has 0 amide bonds. The zero-order valence-electron chi connectivity index (χ0n) is 11.5. The molecule has 7 heteroatoms. The molecule has 2 aromatic rings. The number of rotatable bonds is 4. The third kappa shape index (κ3) is 3.57. The molecule has 1 aliphatic rings. The van der Waals surface area contributed by atoms with Gasteiger partial charge in [-0.2, -0.15) is 4.98 Å². The molecule has 3 rings (SSSR count). The van der Waals surface area contributed by atoms with Crippen LogP contribution in [0.25, 0.3) is 0 Å². The van der Waals surface area contributed by atoms with Crippen molar-refractivity contribution in [3.05, 3.63) is 36.7 Å². The van der Waals surface area contributed by atoms with E-state index in [-0.39, 0.29) is 12.1 Å². The van der Waals surface area contributed by atoms with Crippen molar-refractivity contribution in [2.75, 3.05) is 24.3 Å². The molecule has 3 heterocycles. The van der Waals surface area contributed by atoms with Crippen molar-refractivity contribution in [3.63, 3.8) is 0 Å². The molecule has 0 spiro atoms. The van der Waals surface area contributed by atoms with Crippen LogP contribution in [0.5, 0.6) is 5.88 Å². The normalized spacial score (nSPS) is 21.7. The average Bonchev–Trinajstić information content (AvgIpc) is 2.50. The summed E-state index contributed by atoms with van der Waals surface area (Å²) in [6.07, 6.45) is 3.97. The number of hydrogen-bond donors (Lipinski definition) is 2. The summed E-state index contributed by atoms with van der Waals surface area (Å²) in [4.78, 5) is 12.5. The number of anilines is 2. The van der Waals surface area contributed by atoms with E-state index in [1.807, 2.05) is 18.2 Å². The van der Waals surface area contributed by atoms with Crippen molar-refractivity contribution in [3.8, 4) is 5.88 Å². The summed E-state index contributed by atoms with van der Waals surface area (Å²) in [5.74, 6) is 1.51. The number of nitrogens with zero attached hydrogens (tertiary/aromatic N) is 3. The molecule has 0 radical (unpaired) electrons. The molecule has 3 N–H and O–H groups in total. The van der Waals surface area contributed by atoms with E-state index in [2.05, 4.69) is 20.3 Å². The van der Waals surface area contributed by atoms with Gasteiger partial charge in [-0.15, -0.1) is 0 Å². The second-order valence-electron chi connectivity index (χ2n) is 4.74. The summed E-state index contributed by atoms with van der Waals surface area (Å²) >= 11 is 0. The highest BCUT2D eigenvalue weighted by Gasteiger charge is 2.28. The smallest absolute Gasteiger partial charge is 0.224 e. The maximum atomic E-state index is 5.88. The zero-order chi connectivity index (χ0) is 14.5. The van der Waals surface area contributed by atoms with Crippen LogP contribution in [0, 0.1) is 0 Å². The van der Waals surface area contributed by atoms with Crippen molar-refractivity contribution >= 4 is 11.8 Å². The predicted octanol–water partition coefficient (Wildman–Crippen LogP) is 1.10. The minimum atomic E-state index is -0.154. The highest BCUT2D eigenvalue weighted by atomic mass is 16.5. The number of aromatic nitrogens is 3. The first-order chi connectivity index (χ1) is 10.3. The van der Waals surface area contributed by atoms with Crippen molar-refractivity contribution in [1.29, 1.82) is 0 Å². The first-order valence-electron chi connectivity index (χ1n) is 6.82. The Morgan fingerprint density at radius 2 is 2.19 bits per heavy atom. The lowest BCUT2D eigenvalue weighted by Crippen LogP contribution is -2.46. The molecular weight excluding hydrogens is 270 g/mol. The number of nitrogens with one attached hydrogen (secondary N) is 1. The molecule has 21 heavy (non-hydrogen) atoms. The molecule has 1 fully saturated rings. The topological polar surface area (TPSA) is 95.2 Å². The van der Waals surface area contributed by atoms with Gasteiger partial charge < -0.3 is 20.5 Å². The average molecular weight is 287 g/mol. The quantitative estimate of drug-likeness (QED) is 0.869. The number of nitrogens with two attached hydrogens (primary N) is 1. The summed E-state index contributed by atoms with van der Waals surface area (Å²) in [7, 11) is 0. The lowest BCUT2D eigenvalue weighted by Gasteiger charge is -2.31. The van der Waals surface area contributed by atoms with Gasteiger partial charge in [0.2, 0.25) is 11.8 Å². The fourth-order valence-electron chi connectivity index (χ4n) is 2.17. The zero-order valence-corrected chi connectivity index (χ0v) is 11.5. The summed E-state index contributed by atoms with van der Waals surface area (Å²) < 4.78 is 11.4. The Hall–Kier alpha value is -2.41. The number of ether oxygens (including phenoxy) is 2. The predicted molar refractivity (Wildman–Crippen MR) is 77.9 cm³/mol. The third-order valence-corrected chi connectivity index (χ3v) is 3.21. The molecular formula is C14H17N5O2. The molecule has 0 aliphatic carbocycles. The molecule has 1 aliphatic heterocycles. The minimum absolute atomic E-state index is 0.0440. The lowest BCUT2D eigenvalue weighted by atomic mass is 10.1. The van der Waals surface area contributed by atoms with Gasteiger partial charge >= 0.3 is 0 Å². The van der Waals surface area contributed by atoms with Crippen LogP contribution in [-0.2, 0) is 4.74 Å². The first kappa shape index (κ1) is 13.6. The second-order valence-corrected chi connectivity index (χ2v) is 4.74. The van der Waals surface area contributed by atoms with E-state index < -0.39 is 0 Å². The van der Waals surface area contributed by atoms with Crippen molar-refractivity contribution in [2.45, 2.75) is 18.6 Å². The van der Waals surface area contributed by atoms with Gasteiger partial charge in [-0.25, -0.2) is 9.97 Å². The van der Waals surface area contributed by atoms with E-state index in [0.29, 0.717) is 30.9 Å². The Labute approximate surface area is 122 Å². The maximum Gasteiger partial charge on any atom is 0.224 e. The molecule has 2 aromatic heterocycles. The van der Waals surface area contributed by atoms with E-state index in [1.54, 1.807) is 18.5 Å². The number of nitrogen functional groups attached to an aromatic ring is 1. The Morgan fingerprint density at radius 1 is 1.24 bits per heavy atom. The van der Waals surface area contributed by atoms with E-state index in [1.165, 1.54) is 0 Å². The first-order valence-corrected chi connectivity index (χ1v) is 6.82. The van der Waals surface area contributed by atoms with Crippen LogP contribution < -0.4 is 15.8 Å². The summed E-state index contributed by atoms with van der Waals surface area (Å²) in [5.41, 5.74) is 5.66. The molecule has 0 bridgehead atoms. The van der Waals surface area contributed by atoms with Crippen LogP contribution in [0.15, 0.2) is 36.7 Å². The van der Waals surface area contributed by atoms with Crippen LogP contribution >= 0.6 is 0 Å². The number of hydrogen-bond acceptors (Lipinski definition) is 7. The van der Waals surface area contributed by atoms with Crippen molar-refractivity contribution in [1.82, 2.24) is 15.0 Å². The standard InChI is InChI=1S/C14H17N5O2/c15-12-4-7-17-14(19-12)18-10-5-8-20-9-11(10)21-13-3-1-2-6-16-13/h1-4,6-7,10-11H,5,8-9H2,(H3,15,17,18,19)/t10-,11-/m1/s1. The number of pyridine rings is 1. The second kappa shape index (κ2) is 6.36. The Kier molecular flexibility index (Phi) is 4.11. The summed E-state index contributed by atoms with van der Waals surface area (Å²) in [5, 5.41) is 3.26. The fraction of sp³-hybridized carbons (Fsp3) is 0.357. The van der Waals surface area contributed by atoms with Crippen molar-refractivity contribution < 1.29 is 9.47 Å². The van der Waals surface area contributed by atoms with E-state index >= 15 is 0 Å². The van der Waals surface area contributed by atoms with Crippen LogP contribution in [0.1, 0.15) is 6.42 Å². The molecule has 110 valence electrons. The van der Waals surface area contributed by atoms with Gasteiger partial charge in [0.05, 0.1) is 12.6 Å². The minimum Gasteiger partial charge on any atom is -0.470 e. The van der Waals surface area contributed by atoms with E-state index in [0.717, 1.165) is 6.42 Å². The largest absolute Gasteiger partial charge is 0.470 e. The van der Waals surface area contributed by atoms with Crippen LogP contribution in [0.4, 0.5) is 11.8 Å². The van der Waals surface area contributed by atoms with Crippen LogP contribution in [-0.4, -0.2) is 40.3 Å². The fourth-order valence-corrected chi connectivity index (χ4v) is 2.17. The molecule has 1 saturated heterocycles. The van der Waals surface area contributed by atoms with Crippen molar-refractivity contribution in [2.24, 2.45) is 0 Å². The monoisotopic (exact) mass is 287 g/mol. The SMILES string of the molecule is Nc1ccnc(N[C@@H]2CCOC[C@H]2Oc2ccccn2)n1. The van der Waals surface area contributed by atoms with Gasteiger partial charge in [-0.1, -0.05) is 6.07 Å². The third-order valence-electron chi connectivity index (χ3n) is 3.21. The van der Waals surface area contributed by atoms with Gasteiger partial charge in [-0.05, 0) is 18.6 Å². The summed E-state index contributed by atoms with van der Waals surface area (Å²) in [6, 6.07) is 7.25. The van der Waals surface area contributed by atoms with Gasteiger partial charge in [0.15, 0.2) is 0 Å². The molecule has 0 aromatic carbocycles. The van der Waals surface area contributed by atoms with Crippen LogP contribution in [0.3, 0.4) is 0 Å². The molecule has 0 unspecified atom stereocenters. The Balaban J connectivity index is 1.69. The van der Waals surface area contributed by atoms with Gasteiger partial charge in [0.1, 0.15) is 11.9 Å². The molecule has 2 atom stereocenters. The molecule has 0 saturated carbocycles. The lowest BCUT2D eigenvalue weighted by molar-refractivity contribution is -0.00260. The highest BCUT2D eigenvalue weighted by Crippen LogP contribution is 2.18. The van der Waals surface area contributed by atoms with E-state index in [9.17, 15) is 0 Å². The Bertz CT molecular complexity index is 581. The highest BCUT2D eigenvalue weighted by molar-refractivity contribution is 5.36. The van der Waals surface area contributed by atoms with E-state index in [4.69, 9.17) is 15.2 Å². The van der Waals surface area contributed by atoms with Gasteiger partial charge in [0.25, 0.3) is 0 Å². The Morgan fingerprint density at radius 3 is 3.00 bits per heavy atom. The van der Waals surface area contributed by atoms with Gasteiger partial charge in [0, 0.05) is 25.1 Å². The van der Waals surface area contributed by atoms with Crippen LogP contribution in [0.2, 0.25) is 0 Å². The summed E-state index contributed by atoms with van der Waals surface area (Å²) in [6.45, 7) is 1.17. The van der Waals surface area contributed by atoms with Gasteiger partial charge in [-0.3, -0.25) is 0 Å². The maximum absolute atomic E-state index is 5.88. The molecule has 7 nitrogen and oxygen atoms in total.